The second-order valence-electron chi connectivity index (χ2n) is 7.07. The van der Waals surface area contributed by atoms with Crippen molar-refractivity contribution >= 4 is 0 Å². The van der Waals surface area contributed by atoms with Gasteiger partial charge in [0.2, 0.25) is 0 Å². The Balaban J connectivity index is 1.46. The van der Waals surface area contributed by atoms with E-state index in [1.807, 2.05) is 24.4 Å². The lowest BCUT2D eigenvalue weighted by Gasteiger charge is -2.27. The molecular formula is C22H24N4O. The van der Waals surface area contributed by atoms with E-state index < -0.39 is 0 Å². The van der Waals surface area contributed by atoms with E-state index in [2.05, 4.69) is 51.0 Å². The first-order chi connectivity index (χ1) is 13.2. The van der Waals surface area contributed by atoms with Gasteiger partial charge in [-0.3, -0.25) is 14.7 Å². The lowest BCUT2D eigenvalue weighted by atomic mass is 10.1. The van der Waals surface area contributed by atoms with Crippen LogP contribution in [0.15, 0.2) is 53.5 Å². The summed E-state index contributed by atoms with van der Waals surface area (Å²) in [5, 5.41) is 0. The number of H-pyrrole nitrogens is 1. The summed E-state index contributed by atoms with van der Waals surface area (Å²) >= 11 is 0. The van der Waals surface area contributed by atoms with Crippen molar-refractivity contribution in [3.05, 3.63) is 81.7 Å². The van der Waals surface area contributed by atoms with Gasteiger partial charge in [-0.2, -0.15) is 0 Å². The molecule has 1 aromatic carbocycles. The van der Waals surface area contributed by atoms with Gasteiger partial charge in [-0.15, -0.1) is 0 Å². The van der Waals surface area contributed by atoms with Crippen molar-refractivity contribution in [3.63, 3.8) is 0 Å². The molecule has 27 heavy (non-hydrogen) atoms. The van der Waals surface area contributed by atoms with Crippen LogP contribution in [0.5, 0.6) is 0 Å². The number of fused-ring (bicyclic) bond motifs is 1. The molecule has 0 saturated heterocycles. The van der Waals surface area contributed by atoms with Crippen LogP contribution in [0, 0.1) is 0 Å². The molecule has 3 heterocycles. The van der Waals surface area contributed by atoms with Gasteiger partial charge in [0.05, 0.1) is 17.0 Å². The largest absolute Gasteiger partial charge is 0.310 e. The number of pyridine rings is 1. The van der Waals surface area contributed by atoms with Crippen LogP contribution in [0.2, 0.25) is 0 Å². The Bertz CT molecular complexity index is 964. The van der Waals surface area contributed by atoms with E-state index in [0.717, 1.165) is 66.3 Å². The summed E-state index contributed by atoms with van der Waals surface area (Å²) in [5.41, 5.74) is 5.06. The average Bonchev–Trinajstić information content (AvgIpc) is 2.70. The highest BCUT2D eigenvalue weighted by Crippen LogP contribution is 2.19. The first kappa shape index (κ1) is 17.6. The van der Waals surface area contributed by atoms with E-state index in [1.165, 1.54) is 0 Å². The molecule has 1 aliphatic heterocycles. The molecule has 0 unspecified atom stereocenters. The van der Waals surface area contributed by atoms with Gasteiger partial charge in [0, 0.05) is 44.2 Å². The molecule has 1 N–H and O–H groups in total. The van der Waals surface area contributed by atoms with E-state index in [4.69, 9.17) is 0 Å². The Morgan fingerprint density at radius 3 is 2.74 bits per heavy atom. The van der Waals surface area contributed by atoms with E-state index in [1.54, 1.807) is 0 Å². The summed E-state index contributed by atoms with van der Waals surface area (Å²) in [6.07, 6.45) is 4.57. The fourth-order valence-electron chi connectivity index (χ4n) is 3.58. The number of nitrogens with zero attached hydrogens (tertiary/aromatic N) is 3. The van der Waals surface area contributed by atoms with Gasteiger partial charge < -0.3 is 4.98 Å². The summed E-state index contributed by atoms with van der Waals surface area (Å²) in [6, 6.07) is 14.4. The van der Waals surface area contributed by atoms with Gasteiger partial charge in [0.25, 0.3) is 5.56 Å². The van der Waals surface area contributed by atoms with Gasteiger partial charge >= 0.3 is 0 Å². The van der Waals surface area contributed by atoms with Gasteiger partial charge in [-0.05, 0) is 18.1 Å². The minimum Gasteiger partial charge on any atom is -0.310 e. The van der Waals surface area contributed by atoms with Crippen LogP contribution in [0.4, 0.5) is 0 Å². The average molecular weight is 360 g/mol. The van der Waals surface area contributed by atoms with Crippen LogP contribution in [0.1, 0.15) is 36.0 Å². The Kier molecular flexibility index (Phi) is 5.12. The lowest BCUT2D eigenvalue weighted by molar-refractivity contribution is 0.241. The second kappa shape index (κ2) is 7.84. The zero-order valence-corrected chi connectivity index (χ0v) is 15.6. The normalized spacial score (nSPS) is 14.1. The van der Waals surface area contributed by atoms with E-state index in [9.17, 15) is 4.79 Å². The van der Waals surface area contributed by atoms with Crippen molar-refractivity contribution in [2.75, 3.05) is 6.54 Å². The standard InChI is InChI=1S/C22H24N4O/c1-2-6-21-24-20-11-12-26(15-18(20)22(27)25-21)14-16-9-10-19(23-13-16)17-7-4-3-5-8-17/h3-5,7-10,13H,2,6,11-12,14-15H2,1H3,(H,24,25,27). The maximum Gasteiger partial charge on any atom is 0.255 e. The topological polar surface area (TPSA) is 61.9 Å². The van der Waals surface area contributed by atoms with Crippen LogP contribution >= 0.6 is 0 Å². The summed E-state index contributed by atoms with van der Waals surface area (Å²) in [5.74, 6) is 0.815. The highest BCUT2D eigenvalue weighted by molar-refractivity contribution is 5.58. The van der Waals surface area contributed by atoms with Crippen LogP contribution in [-0.2, 0) is 25.9 Å². The fraction of sp³-hybridized carbons (Fsp3) is 0.318. The highest BCUT2D eigenvalue weighted by atomic mass is 16.1. The first-order valence-corrected chi connectivity index (χ1v) is 9.56. The molecule has 0 fully saturated rings. The van der Waals surface area contributed by atoms with Gasteiger partial charge in [0.15, 0.2) is 0 Å². The number of hydrogen-bond acceptors (Lipinski definition) is 4. The summed E-state index contributed by atoms with van der Waals surface area (Å²) < 4.78 is 0. The van der Waals surface area contributed by atoms with Gasteiger partial charge in [0.1, 0.15) is 5.82 Å². The molecule has 0 spiro atoms. The minimum atomic E-state index is 0.0192. The molecule has 0 amide bonds. The van der Waals surface area contributed by atoms with Crippen LogP contribution in [-0.4, -0.2) is 26.4 Å². The number of aromatic nitrogens is 3. The van der Waals surface area contributed by atoms with Crippen LogP contribution in [0.25, 0.3) is 11.3 Å². The SMILES string of the molecule is CCCc1nc2c(c(=O)[nH]1)CN(Cc1ccc(-c3ccccc3)nc1)CC2. The van der Waals surface area contributed by atoms with Crippen molar-refractivity contribution in [1.82, 2.24) is 19.9 Å². The van der Waals surface area contributed by atoms with Gasteiger partial charge in [-0.1, -0.05) is 43.3 Å². The molecule has 0 radical (unpaired) electrons. The number of rotatable bonds is 5. The number of aromatic amines is 1. The molecule has 5 nitrogen and oxygen atoms in total. The number of benzene rings is 1. The lowest BCUT2D eigenvalue weighted by Crippen LogP contribution is -2.35. The smallest absolute Gasteiger partial charge is 0.255 e. The van der Waals surface area contributed by atoms with Crippen molar-refractivity contribution < 1.29 is 0 Å². The minimum absolute atomic E-state index is 0.0192. The predicted octanol–water partition coefficient (Wildman–Crippen LogP) is 3.34. The summed E-state index contributed by atoms with van der Waals surface area (Å²) in [4.78, 5) is 26.9. The van der Waals surface area contributed by atoms with Crippen molar-refractivity contribution in [2.24, 2.45) is 0 Å². The summed E-state index contributed by atoms with van der Waals surface area (Å²) in [7, 11) is 0. The van der Waals surface area contributed by atoms with Crippen molar-refractivity contribution in [1.29, 1.82) is 0 Å². The zero-order valence-electron chi connectivity index (χ0n) is 15.6. The first-order valence-electron chi connectivity index (χ1n) is 9.56. The monoisotopic (exact) mass is 360 g/mol. The third-order valence-corrected chi connectivity index (χ3v) is 4.98. The van der Waals surface area contributed by atoms with E-state index in [-0.39, 0.29) is 5.56 Å². The maximum absolute atomic E-state index is 12.4. The second-order valence-corrected chi connectivity index (χ2v) is 7.07. The van der Waals surface area contributed by atoms with E-state index in [0.29, 0.717) is 6.54 Å². The number of hydrogen-bond donors (Lipinski definition) is 1. The summed E-state index contributed by atoms with van der Waals surface area (Å²) in [6.45, 7) is 4.44. The Labute approximate surface area is 159 Å². The number of nitrogens with one attached hydrogen (secondary N) is 1. The number of aryl methyl sites for hydroxylation is 1. The molecule has 0 atom stereocenters. The quantitative estimate of drug-likeness (QED) is 0.758. The highest BCUT2D eigenvalue weighted by Gasteiger charge is 2.21. The molecule has 2 aromatic heterocycles. The molecule has 1 aliphatic rings. The van der Waals surface area contributed by atoms with E-state index >= 15 is 0 Å². The zero-order chi connectivity index (χ0) is 18.6. The fourth-order valence-corrected chi connectivity index (χ4v) is 3.58. The molecule has 138 valence electrons. The molecule has 0 bridgehead atoms. The predicted molar refractivity (Wildman–Crippen MR) is 106 cm³/mol. The van der Waals surface area contributed by atoms with Gasteiger partial charge in [-0.25, -0.2) is 4.98 Å². The molecule has 0 aliphatic carbocycles. The molecule has 0 saturated carbocycles. The third kappa shape index (κ3) is 3.98. The molecule has 3 aromatic rings. The Morgan fingerprint density at radius 1 is 1.15 bits per heavy atom. The Morgan fingerprint density at radius 2 is 2.00 bits per heavy atom. The van der Waals surface area contributed by atoms with Crippen molar-refractivity contribution in [2.45, 2.75) is 39.3 Å². The van der Waals surface area contributed by atoms with Crippen molar-refractivity contribution in [3.8, 4) is 11.3 Å². The third-order valence-electron chi connectivity index (χ3n) is 4.98. The molecular weight excluding hydrogens is 336 g/mol. The Hall–Kier alpha value is -2.79. The maximum atomic E-state index is 12.4. The molecule has 5 heteroatoms. The molecule has 4 rings (SSSR count). The van der Waals surface area contributed by atoms with Crippen LogP contribution < -0.4 is 5.56 Å². The van der Waals surface area contributed by atoms with Crippen LogP contribution in [0.3, 0.4) is 0 Å².